The topological polar surface area (TPSA) is 45.4 Å². The lowest BCUT2D eigenvalue weighted by Crippen LogP contribution is -2.52. The first kappa shape index (κ1) is 12.4. The first-order valence-corrected chi connectivity index (χ1v) is 7.67. The van der Waals surface area contributed by atoms with Crippen molar-refractivity contribution in [2.24, 2.45) is 5.92 Å². The Labute approximate surface area is 113 Å². The Morgan fingerprint density at radius 1 is 1.44 bits per heavy atom. The maximum Gasteiger partial charge on any atom is 0.180 e. The number of aromatic nitrogens is 1. The Kier molecular flexibility index (Phi) is 3.54. The van der Waals surface area contributed by atoms with Gasteiger partial charge in [0.05, 0.1) is 0 Å². The summed E-state index contributed by atoms with van der Waals surface area (Å²) in [5.74, 6) is 0.864. The van der Waals surface area contributed by atoms with E-state index in [0.29, 0.717) is 5.13 Å². The monoisotopic (exact) mass is 266 g/mol. The van der Waals surface area contributed by atoms with Gasteiger partial charge in [-0.1, -0.05) is 0 Å². The largest absolute Gasteiger partial charge is 0.375 e. The highest BCUT2D eigenvalue weighted by atomic mass is 32.1. The van der Waals surface area contributed by atoms with Gasteiger partial charge < -0.3 is 10.6 Å². The minimum Gasteiger partial charge on any atom is -0.375 e. The molecule has 2 fully saturated rings. The highest BCUT2D eigenvalue weighted by Crippen LogP contribution is 2.30. The Bertz CT molecular complexity index is 405. The molecule has 1 aromatic heterocycles. The Balaban J connectivity index is 1.60. The fourth-order valence-corrected chi connectivity index (χ4v) is 4.21. The van der Waals surface area contributed by atoms with Gasteiger partial charge in [0.2, 0.25) is 0 Å². The zero-order valence-corrected chi connectivity index (χ0v) is 11.8. The van der Waals surface area contributed by atoms with E-state index < -0.39 is 0 Å². The number of rotatable bonds is 2. The Morgan fingerprint density at radius 2 is 2.33 bits per heavy atom. The molecule has 0 spiro atoms. The molecular weight excluding hydrogens is 244 g/mol. The van der Waals surface area contributed by atoms with Crippen molar-refractivity contribution in [1.82, 2.24) is 14.8 Å². The van der Waals surface area contributed by atoms with Crippen LogP contribution in [0.3, 0.4) is 0 Å². The van der Waals surface area contributed by atoms with E-state index in [1.54, 1.807) is 11.3 Å². The summed E-state index contributed by atoms with van der Waals surface area (Å²) in [6, 6.07) is 0.821. The van der Waals surface area contributed by atoms with E-state index in [4.69, 9.17) is 5.73 Å². The number of hydrogen-bond donors (Lipinski definition) is 1. The lowest BCUT2D eigenvalue weighted by atomic mass is 9.84. The minimum atomic E-state index is 0.692. The number of likely N-dealkylation sites (tertiary alicyclic amines) is 2. The third kappa shape index (κ3) is 2.53. The summed E-state index contributed by atoms with van der Waals surface area (Å²) in [5, 5.41) is 0.692. The summed E-state index contributed by atoms with van der Waals surface area (Å²) in [6.07, 6.45) is 6.00. The molecule has 3 rings (SSSR count). The van der Waals surface area contributed by atoms with Crippen molar-refractivity contribution in [3.8, 4) is 0 Å². The summed E-state index contributed by atoms with van der Waals surface area (Å²) >= 11 is 1.63. The molecule has 0 radical (unpaired) electrons. The van der Waals surface area contributed by atoms with Gasteiger partial charge in [-0.25, -0.2) is 4.98 Å². The van der Waals surface area contributed by atoms with Crippen molar-refractivity contribution >= 4 is 16.5 Å². The second-order valence-electron chi connectivity index (χ2n) is 5.64. The average Bonchev–Trinajstić information content (AvgIpc) is 2.75. The number of anilines is 1. The van der Waals surface area contributed by atoms with Crippen LogP contribution in [0, 0.1) is 5.92 Å². The van der Waals surface area contributed by atoms with E-state index in [2.05, 4.69) is 21.8 Å². The predicted molar refractivity (Wildman–Crippen MR) is 75.6 cm³/mol. The summed E-state index contributed by atoms with van der Waals surface area (Å²) in [6.45, 7) is 4.77. The van der Waals surface area contributed by atoms with Crippen LogP contribution in [0.5, 0.6) is 0 Å². The number of piperidine rings is 2. The molecule has 0 saturated carbocycles. The molecule has 4 nitrogen and oxygen atoms in total. The number of nitrogens with two attached hydrogens (primary N) is 1. The zero-order valence-electron chi connectivity index (χ0n) is 11.0. The van der Waals surface area contributed by atoms with E-state index in [1.165, 1.54) is 43.8 Å². The molecule has 100 valence electrons. The van der Waals surface area contributed by atoms with Crippen LogP contribution in [0.2, 0.25) is 0 Å². The standard InChI is InChI=1S/C13H22N4S/c1-16-5-2-3-10-8-17(6-4-12(10)16)9-11-7-15-13(14)18-11/h7,10,12H,2-6,8-9H2,1H3,(H2,14,15). The summed E-state index contributed by atoms with van der Waals surface area (Å²) in [7, 11) is 2.29. The molecule has 2 atom stereocenters. The summed E-state index contributed by atoms with van der Waals surface area (Å²) in [4.78, 5) is 10.6. The van der Waals surface area contributed by atoms with Crippen molar-refractivity contribution < 1.29 is 0 Å². The smallest absolute Gasteiger partial charge is 0.180 e. The molecule has 2 aliphatic heterocycles. The molecule has 2 N–H and O–H groups in total. The van der Waals surface area contributed by atoms with Crippen LogP contribution in [0.15, 0.2) is 6.20 Å². The lowest BCUT2D eigenvalue weighted by Gasteiger charge is -2.45. The number of nitrogens with zero attached hydrogens (tertiary/aromatic N) is 3. The molecule has 0 amide bonds. The van der Waals surface area contributed by atoms with Crippen molar-refractivity contribution in [3.63, 3.8) is 0 Å². The summed E-state index contributed by atoms with van der Waals surface area (Å²) in [5.41, 5.74) is 5.69. The van der Waals surface area contributed by atoms with Gasteiger partial charge in [-0.05, 0) is 38.8 Å². The van der Waals surface area contributed by atoms with Crippen molar-refractivity contribution in [2.45, 2.75) is 31.8 Å². The van der Waals surface area contributed by atoms with Crippen molar-refractivity contribution in [2.75, 3.05) is 32.4 Å². The van der Waals surface area contributed by atoms with Gasteiger partial charge in [0.15, 0.2) is 5.13 Å². The number of hydrogen-bond acceptors (Lipinski definition) is 5. The summed E-state index contributed by atoms with van der Waals surface area (Å²) < 4.78 is 0. The molecule has 2 saturated heterocycles. The minimum absolute atomic E-state index is 0.692. The lowest BCUT2D eigenvalue weighted by molar-refractivity contribution is 0.0358. The van der Waals surface area contributed by atoms with Gasteiger partial charge in [-0.3, -0.25) is 4.90 Å². The third-order valence-corrected chi connectivity index (χ3v) is 5.19. The van der Waals surface area contributed by atoms with Gasteiger partial charge in [0.25, 0.3) is 0 Å². The SMILES string of the molecule is CN1CCCC2CN(Cc3cnc(N)s3)CCC21. The van der Waals surface area contributed by atoms with Gasteiger partial charge in [-0.2, -0.15) is 0 Å². The molecule has 2 unspecified atom stereocenters. The number of nitrogen functional groups attached to an aromatic ring is 1. The number of fused-ring (bicyclic) bond motifs is 1. The molecular formula is C13H22N4S. The molecule has 18 heavy (non-hydrogen) atoms. The van der Waals surface area contributed by atoms with Gasteiger partial charge in [0, 0.05) is 36.8 Å². The Morgan fingerprint density at radius 3 is 3.11 bits per heavy atom. The molecule has 1 aromatic rings. The van der Waals surface area contributed by atoms with E-state index in [0.717, 1.165) is 18.5 Å². The average molecular weight is 266 g/mol. The van der Waals surface area contributed by atoms with Crippen LogP contribution >= 0.6 is 11.3 Å². The second kappa shape index (κ2) is 5.15. The fraction of sp³-hybridized carbons (Fsp3) is 0.769. The van der Waals surface area contributed by atoms with E-state index in [9.17, 15) is 0 Å². The zero-order chi connectivity index (χ0) is 12.5. The van der Waals surface area contributed by atoms with Crippen LogP contribution in [-0.4, -0.2) is 47.5 Å². The Hall–Kier alpha value is -0.650. The molecule has 3 heterocycles. The highest BCUT2D eigenvalue weighted by Gasteiger charge is 2.34. The maximum absolute atomic E-state index is 5.69. The van der Waals surface area contributed by atoms with Crippen LogP contribution in [0.25, 0.3) is 0 Å². The predicted octanol–water partition coefficient (Wildman–Crippen LogP) is 1.64. The second-order valence-corrected chi connectivity index (χ2v) is 6.79. The third-order valence-electron chi connectivity index (χ3n) is 4.38. The molecule has 5 heteroatoms. The maximum atomic E-state index is 5.69. The van der Waals surface area contributed by atoms with Crippen LogP contribution in [-0.2, 0) is 6.54 Å². The molecule has 0 bridgehead atoms. The van der Waals surface area contributed by atoms with Gasteiger partial charge >= 0.3 is 0 Å². The molecule has 2 aliphatic rings. The molecule has 0 aromatic carbocycles. The van der Waals surface area contributed by atoms with Crippen LogP contribution in [0.1, 0.15) is 24.1 Å². The van der Waals surface area contributed by atoms with E-state index in [1.807, 2.05) is 6.20 Å². The first-order chi connectivity index (χ1) is 8.72. The van der Waals surface area contributed by atoms with E-state index >= 15 is 0 Å². The van der Waals surface area contributed by atoms with Crippen molar-refractivity contribution in [1.29, 1.82) is 0 Å². The van der Waals surface area contributed by atoms with Crippen LogP contribution < -0.4 is 5.73 Å². The quantitative estimate of drug-likeness (QED) is 0.884. The van der Waals surface area contributed by atoms with Crippen molar-refractivity contribution in [3.05, 3.63) is 11.1 Å². The first-order valence-electron chi connectivity index (χ1n) is 6.85. The highest BCUT2D eigenvalue weighted by molar-refractivity contribution is 7.15. The van der Waals surface area contributed by atoms with Gasteiger partial charge in [-0.15, -0.1) is 11.3 Å². The van der Waals surface area contributed by atoms with Gasteiger partial charge in [0.1, 0.15) is 0 Å². The molecule has 0 aliphatic carbocycles. The normalized spacial score (nSPS) is 30.3. The van der Waals surface area contributed by atoms with E-state index in [-0.39, 0.29) is 0 Å². The fourth-order valence-electron chi connectivity index (χ4n) is 3.49. The number of thiazole rings is 1. The van der Waals surface area contributed by atoms with Crippen LogP contribution in [0.4, 0.5) is 5.13 Å².